The van der Waals surface area contributed by atoms with E-state index in [0.717, 1.165) is 31.3 Å². The predicted molar refractivity (Wildman–Crippen MR) is 62.6 cm³/mol. The second kappa shape index (κ2) is 6.36. The van der Waals surface area contributed by atoms with Gasteiger partial charge >= 0.3 is 0 Å². The summed E-state index contributed by atoms with van der Waals surface area (Å²) in [5.41, 5.74) is 2.35. The van der Waals surface area contributed by atoms with Crippen molar-refractivity contribution in [3.8, 4) is 0 Å². The summed E-state index contributed by atoms with van der Waals surface area (Å²) in [6.07, 6.45) is 6.68. The van der Waals surface area contributed by atoms with E-state index >= 15 is 0 Å². The molecule has 1 heterocycles. The fourth-order valence-corrected chi connectivity index (χ4v) is 1.46. The largest absolute Gasteiger partial charge is 0.393 e. The molecule has 1 rings (SSSR count). The van der Waals surface area contributed by atoms with Gasteiger partial charge in [-0.3, -0.25) is 4.98 Å². The number of aliphatic hydroxyl groups is 1. The first-order chi connectivity index (χ1) is 7.22. The van der Waals surface area contributed by atoms with Gasteiger partial charge in [-0.15, -0.1) is 0 Å². The second-order valence-corrected chi connectivity index (χ2v) is 3.86. The lowest BCUT2D eigenvalue weighted by atomic mass is 10.0. The Hall–Kier alpha value is -1.15. The van der Waals surface area contributed by atoms with Crippen molar-refractivity contribution in [3.63, 3.8) is 0 Å². The standard InChI is InChI=1S/C13H19NO/c1-3-11(2)10-13(15)5-4-12-6-8-14-9-7-12/h6-9,13,15H,2-5,10H2,1H3. The molecule has 0 bridgehead atoms. The molecule has 2 nitrogen and oxygen atoms in total. The molecule has 0 saturated carbocycles. The van der Waals surface area contributed by atoms with Gasteiger partial charge in [0.05, 0.1) is 6.10 Å². The van der Waals surface area contributed by atoms with Crippen LogP contribution in [0.2, 0.25) is 0 Å². The maximum absolute atomic E-state index is 9.74. The van der Waals surface area contributed by atoms with E-state index in [9.17, 15) is 5.11 Å². The summed E-state index contributed by atoms with van der Waals surface area (Å²) in [5.74, 6) is 0. The Morgan fingerprint density at radius 2 is 2.13 bits per heavy atom. The normalized spacial score (nSPS) is 12.4. The number of rotatable bonds is 6. The zero-order valence-electron chi connectivity index (χ0n) is 9.32. The summed E-state index contributed by atoms with van der Waals surface area (Å²) in [4.78, 5) is 3.96. The Kier molecular flexibility index (Phi) is 5.05. The first-order valence-corrected chi connectivity index (χ1v) is 5.46. The summed E-state index contributed by atoms with van der Waals surface area (Å²) in [6, 6.07) is 3.97. The van der Waals surface area contributed by atoms with Gasteiger partial charge in [0.2, 0.25) is 0 Å². The lowest BCUT2D eigenvalue weighted by Crippen LogP contribution is -2.08. The fourth-order valence-electron chi connectivity index (χ4n) is 1.46. The summed E-state index contributed by atoms with van der Waals surface area (Å²) in [5, 5.41) is 9.74. The van der Waals surface area contributed by atoms with E-state index in [0.29, 0.717) is 0 Å². The average Bonchev–Trinajstić information content (AvgIpc) is 2.27. The number of hydrogen-bond donors (Lipinski definition) is 1. The average molecular weight is 205 g/mol. The van der Waals surface area contributed by atoms with Crippen molar-refractivity contribution in [1.82, 2.24) is 4.98 Å². The quantitative estimate of drug-likeness (QED) is 0.724. The molecule has 0 aromatic carbocycles. The van der Waals surface area contributed by atoms with Crippen LogP contribution in [0.25, 0.3) is 0 Å². The maximum atomic E-state index is 9.74. The Balaban J connectivity index is 2.28. The van der Waals surface area contributed by atoms with Gasteiger partial charge in [-0.05, 0) is 43.4 Å². The number of hydrogen-bond acceptors (Lipinski definition) is 2. The Labute approximate surface area is 91.7 Å². The second-order valence-electron chi connectivity index (χ2n) is 3.86. The minimum absolute atomic E-state index is 0.259. The highest BCUT2D eigenvalue weighted by atomic mass is 16.3. The van der Waals surface area contributed by atoms with Gasteiger partial charge in [-0.2, -0.15) is 0 Å². The van der Waals surface area contributed by atoms with Gasteiger partial charge in [-0.25, -0.2) is 0 Å². The van der Waals surface area contributed by atoms with E-state index in [1.54, 1.807) is 12.4 Å². The first-order valence-electron chi connectivity index (χ1n) is 5.46. The third kappa shape index (κ3) is 4.75. The molecule has 0 radical (unpaired) electrons. The van der Waals surface area contributed by atoms with Crippen LogP contribution in [0.15, 0.2) is 36.7 Å². The molecular weight excluding hydrogens is 186 g/mol. The molecule has 15 heavy (non-hydrogen) atoms. The zero-order valence-corrected chi connectivity index (χ0v) is 9.32. The summed E-state index contributed by atoms with van der Waals surface area (Å²) in [7, 11) is 0. The predicted octanol–water partition coefficient (Wildman–Crippen LogP) is 2.73. The molecule has 0 amide bonds. The lowest BCUT2D eigenvalue weighted by molar-refractivity contribution is 0.164. The number of aryl methyl sites for hydroxylation is 1. The van der Waals surface area contributed by atoms with E-state index in [1.807, 2.05) is 12.1 Å². The highest BCUT2D eigenvalue weighted by Crippen LogP contribution is 2.12. The van der Waals surface area contributed by atoms with Crippen LogP contribution in [0.1, 0.15) is 31.7 Å². The van der Waals surface area contributed by atoms with E-state index in [2.05, 4.69) is 18.5 Å². The van der Waals surface area contributed by atoms with Crippen LogP contribution < -0.4 is 0 Å². The highest BCUT2D eigenvalue weighted by Gasteiger charge is 2.05. The Bertz CT molecular complexity index is 295. The highest BCUT2D eigenvalue weighted by molar-refractivity contribution is 5.10. The van der Waals surface area contributed by atoms with Crippen LogP contribution in [-0.2, 0) is 6.42 Å². The van der Waals surface area contributed by atoms with E-state index in [1.165, 1.54) is 5.56 Å². The summed E-state index contributed by atoms with van der Waals surface area (Å²) < 4.78 is 0. The van der Waals surface area contributed by atoms with Crippen molar-refractivity contribution in [3.05, 3.63) is 42.2 Å². The molecule has 0 spiro atoms. The minimum atomic E-state index is -0.259. The molecule has 1 aromatic rings. The lowest BCUT2D eigenvalue weighted by Gasteiger charge is -2.11. The molecule has 0 fully saturated rings. The monoisotopic (exact) mass is 205 g/mol. The molecule has 0 saturated heterocycles. The molecule has 1 N–H and O–H groups in total. The number of aromatic nitrogens is 1. The van der Waals surface area contributed by atoms with Crippen molar-refractivity contribution in [2.75, 3.05) is 0 Å². The molecule has 1 aromatic heterocycles. The van der Waals surface area contributed by atoms with Crippen LogP contribution in [0.5, 0.6) is 0 Å². The van der Waals surface area contributed by atoms with Crippen molar-refractivity contribution in [2.24, 2.45) is 0 Å². The van der Waals surface area contributed by atoms with Crippen LogP contribution in [-0.4, -0.2) is 16.2 Å². The molecule has 0 aliphatic heterocycles. The van der Waals surface area contributed by atoms with Gasteiger partial charge in [0.25, 0.3) is 0 Å². The zero-order chi connectivity index (χ0) is 11.1. The van der Waals surface area contributed by atoms with Crippen molar-refractivity contribution in [2.45, 2.75) is 38.7 Å². The van der Waals surface area contributed by atoms with Crippen LogP contribution in [0.3, 0.4) is 0 Å². The molecule has 1 atom stereocenters. The molecule has 2 heteroatoms. The molecule has 82 valence electrons. The van der Waals surface area contributed by atoms with E-state index in [4.69, 9.17) is 0 Å². The topological polar surface area (TPSA) is 33.1 Å². The van der Waals surface area contributed by atoms with Crippen molar-refractivity contribution >= 4 is 0 Å². The molecule has 1 unspecified atom stereocenters. The van der Waals surface area contributed by atoms with Crippen molar-refractivity contribution < 1.29 is 5.11 Å². The summed E-state index contributed by atoms with van der Waals surface area (Å²) in [6.45, 7) is 5.97. The minimum Gasteiger partial charge on any atom is -0.393 e. The van der Waals surface area contributed by atoms with E-state index < -0.39 is 0 Å². The molecule has 0 aliphatic rings. The Morgan fingerprint density at radius 3 is 2.73 bits per heavy atom. The molecule has 0 aliphatic carbocycles. The number of nitrogens with zero attached hydrogens (tertiary/aromatic N) is 1. The first kappa shape index (κ1) is 11.9. The number of pyridine rings is 1. The SMILES string of the molecule is C=C(CC)CC(O)CCc1ccncc1. The van der Waals surface area contributed by atoms with Gasteiger partial charge in [0.1, 0.15) is 0 Å². The smallest absolute Gasteiger partial charge is 0.0580 e. The third-order valence-corrected chi connectivity index (χ3v) is 2.54. The maximum Gasteiger partial charge on any atom is 0.0580 e. The number of aliphatic hydroxyl groups excluding tert-OH is 1. The van der Waals surface area contributed by atoms with Gasteiger partial charge in [-0.1, -0.05) is 19.1 Å². The fraction of sp³-hybridized carbons (Fsp3) is 0.462. The Morgan fingerprint density at radius 1 is 1.47 bits per heavy atom. The van der Waals surface area contributed by atoms with Crippen LogP contribution in [0, 0.1) is 0 Å². The summed E-state index contributed by atoms with van der Waals surface area (Å²) >= 11 is 0. The third-order valence-electron chi connectivity index (χ3n) is 2.54. The molecular formula is C13H19NO. The van der Waals surface area contributed by atoms with Crippen LogP contribution in [0.4, 0.5) is 0 Å². The van der Waals surface area contributed by atoms with E-state index in [-0.39, 0.29) is 6.10 Å². The van der Waals surface area contributed by atoms with Crippen LogP contribution >= 0.6 is 0 Å². The van der Waals surface area contributed by atoms with Gasteiger partial charge in [0.15, 0.2) is 0 Å². The van der Waals surface area contributed by atoms with Gasteiger partial charge in [0, 0.05) is 12.4 Å². The van der Waals surface area contributed by atoms with Gasteiger partial charge < -0.3 is 5.11 Å². The van der Waals surface area contributed by atoms with Crippen molar-refractivity contribution in [1.29, 1.82) is 0 Å².